The van der Waals surface area contributed by atoms with Crippen LogP contribution in [-0.2, 0) is 23.1 Å². The third-order valence-corrected chi connectivity index (χ3v) is 4.96. The van der Waals surface area contributed by atoms with E-state index < -0.39 is 11.2 Å². The summed E-state index contributed by atoms with van der Waals surface area (Å²) in [7, 11) is 3.30. The predicted molar refractivity (Wildman–Crippen MR) is 100 cm³/mol. The molecule has 2 rings (SSSR count). The van der Waals surface area contributed by atoms with Crippen LogP contribution in [0.4, 0.5) is 5.69 Å². The van der Waals surface area contributed by atoms with Gasteiger partial charge in [0.05, 0.1) is 18.0 Å². The first-order valence-electron chi connectivity index (χ1n) is 7.79. The lowest BCUT2D eigenvalue weighted by Gasteiger charge is -2.14. The number of anilines is 1. The second kappa shape index (κ2) is 8.91. The van der Waals surface area contributed by atoms with Crippen molar-refractivity contribution in [1.82, 2.24) is 14.8 Å². The number of carbonyl (C=O) groups excluding carboxylic acids is 2. The molecule has 0 saturated carbocycles. The van der Waals surface area contributed by atoms with Crippen LogP contribution in [-0.4, -0.2) is 38.9 Å². The van der Waals surface area contributed by atoms with Gasteiger partial charge in [-0.1, -0.05) is 23.4 Å². The number of halogens is 1. The van der Waals surface area contributed by atoms with Crippen molar-refractivity contribution >= 4 is 40.9 Å². The molecule has 0 aliphatic rings. The number of amides is 2. The summed E-state index contributed by atoms with van der Waals surface area (Å²) in [5, 5.41) is 11.5. The van der Waals surface area contributed by atoms with Crippen LogP contribution in [0.5, 0.6) is 5.75 Å². The first kappa shape index (κ1) is 20.1. The number of ether oxygens (including phenoxy) is 1. The molecule has 10 heteroatoms. The number of thioether (sulfide) groups is 1. The normalized spacial score (nSPS) is 11.8. The van der Waals surface area contributed by atoms with Crippen molar-refractivity contribution in [2.24, 2.45) is 12.8 Å². The maximum absolute atomic E-state index is 12.5. The minimum atomic E-state index is -0.439. The number of methoxy groups -OCH3 is 1. The molecule has 1 atom stereocenters. The summed E-state index contributed by atoms with van der Waals surface area (Å²) in [6.45, 7) is 1.76. The van der Waals surface area contributed by atoms with Crippen LogP contribution < -0.4 is 15.8 Å². The topological polar surface area (TPSA) is 112 Å². The van der Waals surface area contributed by atoms with E-state index in [2.05, 4.69) is 15.5 Å². The molecular weight excluding hydrogens is 378 g/mol. The summed E-state index contributed by atoms with van der Waals surface area (Å²) < 4.78 is 6.97. The highest BCUT2D eigenvalue weighted by Crippen LogP contribution is 2.29. The number of hydrogen-bond donors (Lipinski definition) is 2. The number of rotatable bonds is 8. The molecule has 3 N–H and O–H groups in total. The Labute approximate surface area is 160 Å². The van der Waals surface area contributed by atoms with E-state index in [0.717, 1.165) is 0 Å². The summed E-state index contributed by atoms with van der Waals surface area (Å²) in [4.78, 5) is 23.4. The number of hydrogen-bond acceptors (Lipinski definition) is 6. The van der Waals surface area contributed by atoms with E-state index in [4.69, 9.17) is 22.1 Å². The van der Waals surface area contributed by atoms with Crippen molar-refractivity contribution in [3.63, 3.8) is 0 Å². The summed E-state index contributed by atoms with van der Waals surface area (Å²) in [6.07, 6.45) is 0.598. The van der Waals surface area contributed by atoms with Gasteiger partial charge in [-0.15, -0.1) is 10.2 Å². The van der Waals surface area contributed by atoms with E-state index in [1.807, 2.05) is 0 Å². The zero-order chi connectivity index (χ0) is 19.3. The lowest BCUT2D eigenvalue weighted by atomic mass is 10.3. The van der Waals surface area contributed by atoms with Crippen molar-refractivity contribution in [3.8, 4) is 5.75 Å². The molecule has 1 aromatic heterocycles. The van der Waals surface area contributed by atoms with Crippen LogP contribution in [0, 0.1) is 0 Å². The Balaban J connectivity index is 2.03. The number of nitrogens with zero attached hydrogens (tertiary/aromatic N) is 3. The molecule has 0 radical (unpaired) electrons. The molecule has 0 unspecified atom stereocenters. The van der Waals surface area contributed by atoms with Crippen LogP contribution in [0.3, 0.4) is 0 Å². The number of benzene rings is 1. The largest absolute Gasteiger partial charge is 0.495 e. The minimum absolute atomic E-state index is 0.196. The monoisotopic (exact) mass is 397 g/mol. The quantitative estimate of drug-likeness (QED) is 0.659. The highest BCUT2D eigenvalue weighted by atomic mass is 35.5. The Morgan fingerprint density at radius 2 is 2.15 bits per heavy atom. The second-order valence-electron chi connectivity index (χ2n) is 5.52. The minimum Gasteiger partial charge on any atom is -0.495 e. The third kappa shape index (κ3) is 5.12. The first-order chi connectivity index (χ1) is 12.3. The van der Waals surface area contributed by atoms with Gasteiger partial charge in [0.25, 0.3) is 0 Å². The Hall–Kier alpha value is -2.26. The summed E-state index contributed by atoms with van der Waals surface area (Å²) >= 11 is 7.23. The molecule has 1 aromatic carbocycles. The van der Waals surface area contributed by atoms with Crippen LogP contribution in [0.1, 0.15) is 19.2 Å². The molecule has 1 heterocycles. The Bertz CT molecular complexity index is 811. The average Bonchev–Trinajstić information content (AvgIpc) is 2.93. The number of aromatic nitrogens is 3. The van der Waals surface area contributed by atoms with Gasteiger partial charge in [0.1, 0.15) is 11.6 Å². The maximum atomic E-state index is 12.5. The number of nitrogens with two attached hydrogens (primary N) is 1. The average molecular weight is 398 g/mol. The van der Waals surface area contributed by atoms with Gasteiger partial charge in [0.15, 0.2) is 5.16 Å². The van der Waals surface area contributed by atoms with Crippen molar-refractivity contribution in [3.05, 3.63) is 29.0 Å². The molecule has 140 valence electrons. The zero-order valence-corrected chi connectivity index (χ0v) is 16.2. The second-order valence-corrected chi connectivity index (χ2v) is 7.26. The predicted octanol–water partition coefficient (Wildman–Crippen LogP) is 2.01. The van der Waals surface area contributed by atoms with E-state index >= 15 is 0 Å². The number of primary amides is 1. The fourth-order valence-electron chi connectivity index (χ4n) is 2.12. The summed E-state index contributed by atoms with van der Waals surface area (Å²) in [6, 6.07) is 4.99. The van der Waals surface area contributed by atoms with E-state index in [1.54, 1.807) is 36.7 Å². The smallest absolute Gasteiger partial charge is 0.237 e. The van der Waals surface area contributed by atoms with Gasteiger partial charge in [0, 0.05) is 24.9 Å². The van der Waals surface area contributed by atoms with Gasteiger partial charge in [-0.2, -0.15) is 0 Å². The van der Waals surface area contributed by atoms with Crippen LogP contribution in [0.25, 0.3) is 0 Å². The van der Waals surface area contributed by atoms with Crippen molar-refractivity contribution in [2.75, 3.05) is 12.4 Å². The van der Waals surface area contributed by atoms with E-state index in [1.165, 1.54) is 18.9 Å². The lowest BCUT2D eigenvalue weighted by molar-refractivity contribution is -0.118. The molecule has 0 spiro atoms. The summed E-state index contributed by atoms with van der Waals surface area (Å²) in [5.41, 5.74) is 5.65. The zero-order valence-electron chi connectivity index (χ0n) is 14.7. The molecule has 0 bridgehead atoms. The van der Waals surface area contributed by atoms with Gasteiger partial charge in [-0.25, -0.2) is 0 Å². The molecule has 0 aliphatic carbocycles. The van der Waals surface area contributed by atoms with Crippen LogP contribution >= 0.6 is 23.4 Å². The first-order valence-corrected chi connectivity index (χ1v) is 9.05. The van der Waals surface area contributed by atoms with E-state index in [0.29, 0.717) is 33.9 Å². The van der Waals surface area contributed by atoms with Gasteiger partial charge < -0.3 is 20.4 Å². The Morgan fingerprint density at radius 1 is 1.42 bits per heavy atom. The molecule has 0 fully saturated rings. The highest BCUT2D eigenvalue weighted by molar-refractivity contribution is 8.00. The lowest BCUT2D eigenvalue weighted by Crippen LogP contribution is -2.23. The van der Waals surface area contributed by atoms with Gasteiger partial charge in [-0.05, 0) is 25.1 Å². The molecule has 2 amide bonds. The van der Waals surface area contributed by atoms with Crippen molar-refractivity contribution < 1.29 is 14.3 Å². The SMILES string of the molecule is COc1ccc(Cl)cc1NC(=O)[C@@H](C)Sc1nnc(CCC(N)=O)n1C. The number of carbonyl (C=O) groups is 2. The molecule has 0 saturated heterocycles. The molecule has 26 heavy (non-hydrogen) atoms. The standard InChI is InChI=1S/C16H20ClN5O3S/c1-9(15(24)19-11-8-10(17)4-5-12(11)25-3)26-16-21-20-14(22(16)2)7-6-13(18)23/h4-5,8-9H,6-7H2,1-3H3,(H2,18,23)(H,19,24)/t9-/m1/s1. The maximum Gasteiger partial charge on any atom is 0.237 e. The van der Waals surface area contributed by atoms with Gasteiger partial charge in [-0.3, -0.25) is 9.59 Å². The Morgan fingerprint density at radius 3 is 2.81 bits per heavy atom. The molecule has 2 aromatic rings. The molecule has 0 aliphatic heterocycles. The van der Waals surface area contributed by atoms with Crippen LogP contribution in [0.15, 0.2) is 23.4 Å². The van der Waals surface area contributed by atoms with E-state index in [-0.39, 0.29) is 12.3 Å². The van der Waals surface area contributed by atoms with Crippen molar-refractivity contribution in [2.45, 2.75) is 30.2 Å². The molecule has 8 nitrogen and oxygen atoms in total. The van der Waals surface area contributed by atoms with Gasteiger partial charge >= 0.3 is 0 Å². The fourth-order valence-corrected chi connectivity index (χ4v) is 3.13. The summed E-state index contributed by atoms with van der Waals surface area (Å²) in [5.74, 6) is 0.533. The van der Waals surface area contributed by atoms with Crippen molar-refractivity contribution in [1.29, 1.82) is 0 Å². The molecular formula is C16H20ClN5O3S. The number of aryl methyl sites for hydroxylation is 1. The fraction of sp³-hybridized carbons (Fsp3) is 0.375. The van der Waals surface area contributed by atoms with Crippen LogP contribution in [0.2, 0.25) is 5.02 Å². The Kier molecular flexibility index (Phi) is 6.87. The highest BCUT2D eigenvalue weighted by Gasteiger charge is 2.20. The third-order valence-electron chi connectivity index (χ3n) is 3.59. The van der Waals surface area contributed by atoms with E-state index in [9.17, 15) is 9.59 Å². The number of nitrogens with one attached hydrogen (secondary N) is 1. The van der Waals surface area contributed by atoms with Gasteiger partial charge in [0.2, 0.25) is 11.8 Å².